The van der Waals surface area contributed by atoms with Crippen molar-refractivity contribution in [2.45, 2.75) is 13.5 Å². The van der Waals surface area contributed by atoms with Crippen LogP contribution >= 0.6 is 0 Å². The van der Waals surface area contributed by atoms with Gasteiger partial charge in [0.1, 0.15) is 17.5 Å². The van der Waals surface area contributed by atoms with E-state index in [2.05, 4.69) is 15.3 Å². The van der Waals surface area contributed by atoms with Crippen molar-refractivity contribution in [3.63, 3.8) is 0 Å². The van der Waals surface area contributed by atoms with E-state index >= 15 is 0 Å². The molecule has 0 amide bonds. The van der Waals surface area contributed by atoms with Gasteiger partial charge in [0, 0.05) is 12.6 Å². The summed E-state index contributed by atoms with van der Waals surface area (Å²) < 4.78 is 18.1. The second-order valence-corrected chi connectivity index (χ2v) is 3.83. The Kier molecular flexibility index (Phi) is 3.72. The Morgan fingerprint density at radius 3 is 2.83 bits per heavy atom. The van der Waals surface area contributed by atoms with E-state index in [1.807, 2.05) is 6.07 Å². The highest BCUT2D eigenvalue weighted by atomic mass is 19.1. The summed E-state index contributed by atoms with van der Waals surface area (Å²) in [6.07, 6.45) is 0. The summed E-state index contributed by atoms with van der Waals surface area (Å²) in [6.45, 7) is 2.28. The maximum atomic E-state index is 13.0. The number of anilines is 1. The van der Waals surface area contributed by atoms with Gasteiger partial charge in [-0.05, 0) is 24.6 Å². The number of hydrogen-bond donors (Lipinski definition) is 1. The number of aromatic nitrogens is 2. The predicted molar refractivity (Wildman–Crippen MR) is 67.0 cm³/mol. The van der Waals surface area contributed by atoms with Gasteiger partial charge < -0.3 is 10.1 Å². The number of nitrogens with zero attached hydrogens (tertiary/aromatic N) is 2. The van der Waals surface area contributed by atoms with E-state index in [-0.39, 0.29) is 5.82 Å². The monoisotopic (exact) mass is 247 g/mol. The quantitative estimate of drug-likeness (QED) is 0.902. The predicted octanol–water partition coefficient (Wildman–Crippen LogP) is 2.54. The first-order chi connectivity index (χ1) is 8.67. The van der Waals surface area contributed by atoms with E-state index in [1.54, 1.807) is 26.2 Å². The molecule has 0 spiro atoms. The van der Waals surface area contributed by atoms with Gasteiger partial charge in [0.25, 0.3) is 0 Å². The fourth-order valence-corrected chi connectivity index (χ4v) is 1.57. The molecule has 2 rings (SSSR count). The zero-order valence-corrected chi connectivity index (χ0v) is 10.3. The van der Waals surface area contributed by atoms with Crippen LogP contribution in [0.25, 0.3) is 0 Å². The third-order valence-corrected chi connectivity index (χ3v) is 2.39. The van der Waals surface area contributed by atoms with Crippen LogP contribution in [0.4, 0.5) is 10.2 Å². The average molecular weight is 247 g/mol. The number of aryl methyl sites for hydroxylation is 1. The molecule has 0 fully saturated rings. The lowest BCUT2D eigenvalue weighted by molar-refractivity contribution is 0.396. The minimum atomic E-state index is -0.245. The number of benzene rings is 1. The first kappa shape index (κ1) is 12.3. The Labute approximate surface area is 105 Å². The Bertz CT molecular complexity index is 546. The molecule has 0 atom stereocenters. The molecule has 0 aliphatic carbocycles. The Morgan fingerprint density at radius 2 is 2.11 bits per heavy atom. The molecule has 0 saturated carbocycles. The molecule has 1 aromatic heterocycles. The standard InChI is InChI=1S/C13H14FN3O/c1-9-16-12(7-13(17-9)18-2)15-8-10-4-3-5-11(14)6-10/h3-7H,8H2,1-2H3,(H,15,16,17). The van der Waals surface area contributed by atoms with Crippen LogP contribution in [0.3, 0.4) is 0 Å². The molecule has 5 heteroatoms. The van der Waals surface area contributed by atoms with Gasteiger partial charge in [-0.1, -0.05) is 12.1 Å². The summed E-state index contributed by atoms with van der Waals surface area (Å²) >= 11 is 0. The van der Waals surface area contributed by atoms with Gasteiger partial charge in [0.05, 0.1) is 7.11 Å². The summed E-state index contributed by atoms with van der Waals surface area (Å²) in [6, 6.07) is 8.13. The molecule has 4 nitrogen and oxygen atoms in total. The molecule has 2 aromatic rings. The molecule has 0 saturated heterocycles. The number of nitrogens with one attached hydrogen (secondary N) is 1. The van der Waals surface area contributed by atoms with Crippen LogP contribution in [0.2, 0.25) is 0 Å². The molecular weight excluding hydrogens is 233 g/mol. The molecule has 1 heterocycles. The van der Waals surface area contributed by atoms with Crippen molar-refractivity contribution in [1.29, 1.82) is 0 Å². The molecule has 0 aliphatic heterocycles. The van der Waals surface area contributed by atoms with E-state index in [9.17, 15) is 4.39 Å². The van der Waals surface area contributed by atoms with Crippen molar-refractivity contribution in [2.24, 2.45) is 0 Å². The maximum Gasteiger partial charge on any atom is 0.218 e. The molecule has 94 valence electrons. The zero-order chi connectivity index (χ0) is 13.0. The highest BCUT2D eigenvalue weighted by Crippen LogP contribution is 2.14. The fraction of sp³-hybridized carbons (Fsp3) is 0.231. The van der Waals surface area contributed by atoms with Gasteiger partial charge >= 0.3 is 0 Å². The van der Waals surface area contributed by atoms with E-state index < -0.39 is 0 Å². The second-order valence-electron chi connectivity index (χ2n) is 3.83. The van der Waals surface area contributed by atoms with Gasteiger partial charge in [-0.3, -0.25) is 0 Å². The number of methoxy groups -OCH3 is 1. The lowest BCUT2D eigenvalue weighted by atomic mass is 10.2. The molecule has 0 aliphatic rings. The summed E-state index contributed by atoms with van der Waals surface area (Å²) in [7, 11) is 1.55. The normalized spacial score (nSPS) is 10.2. The third kappa shape index (κ3) is 3.16. The van der Waals surface area contributed by atoms with Crippen LogP contribution in [0.1, 0.15) is 11.4 Å². The van der Waals surface area contributed by atoms with Gasteiger partial charge in [-0.2, -0.15) is 4.98 Å². The average Bonchev–Trinajstić information content (AvgIpc) is 2.36. The first-order valence-electron chi connectivity index (χ1n) is 5.55. The minimum Gasteiger partial charge on any atom is -0.481 e. The van der Waals surface area contributed by atoms with Gasteiger partial charge in [-0.15, -0.1) is 0 Å². The van der Waals surface area contributed by atoms with Crippen molar-refractivity contribution in [3.05, 3.63) is 47.5 Å². The highest BCUT2D eigenvalue weighted by molar-refractivity contribution is 5.39. The summed E-state index contributed by atoms with van der Waals surface area (Å²) in [5.74, 6) is 1.54. The van der Waals surface area contributed by atoms with Crippen molar-refractivity contribution in [3.8, 4) is 5.88 Å². The van der Waals surface area contributed by atoms with Crippen LogP contribution in [-0.2, 0) is 6.54 Å². The van der Waals surface area contributed by atoms with Crippen LogP contribution in [-0.4, -0.2) is 17.1 Å². The zero-order valence-electron chi connectivity index (χ0n) is 10.3. The Morgan fingerprint density at radius 1 is 1.28 bits per heavy atom. The van der Waals surface area contributed by atoms with Crippen molar-refractivity contribution in [2.75, 3.05) is 12.4 Å². The Hall–Kier alpha value is -2.17. The summed E-state index contributed by atoms with van der Waals surface area (Å²) in [5, 5.41) is 3.11. The molecule has 1 N–H and O–H groups in total. The maximum absolute atomic E-state index is 13.0. The second kappa shape index (κ2) is 5.44. The smallest absolute Gasteiger partial charge is 0.218 e. The molecule has 0 radical (unpaired) electrons. The van der Waals surface area contributed by atoms with Crippen LogP contribution in [0.15, 0.2) is 30.3 Å². The third-order valence-electron chi connectivity index (χ3n) is 2.39. The summed E-state index contributed by atoms with van der Waals surface area (Å²) in [4.78, 5) is 8.31. The largest absolute Gasteiger partial charge is 0.481 e. The van der Waals surface area contributed by atoms with Crippen LogP contribution < -0.4 is 10.1 Å². The Balaban J connectivity index is 2.08. The van der Waals surface area contributed by atoms with Crippen molar-refractivity contribution >= 4 is 5.82 Å². The molecular formula is C13H14FN3O. The number of ether oxygens (including phenoxy) is 1. The number of halogens is 1. The summed E-state index contributed by atoms with van der Waals surface area (Å²) in [5.41, 5.74) is 0.852. The fourth-order valence-electron chi connectivity index (χ4n) is 1.57. The lowest BCUT2D eigenvalue weighted by Gasteiger charge is -2.08. The van der Waals surface area contributed by atoms with Crippen molar-refractivity contribution in [1.82, 2.24) is 9.97 Å². The van der Waals surface area contributed by atoms with Gasteiger partial charge in [0.2, 0.25) is 5.88 Å². The minimum absolute atomic E-state index is 0.245. The van der Waals surface area contributed by atoms with Gasteiger partial charge in [0.15, 0.2) is 0 Å². The molecule has 1 aromatic carbocycles. The number of hydrogen-bond acceptors (Lipinski definition) is 4. The van der Waals surface area contributed by atoms with Gasteiger partial charge in [-0.25, -0.2) is 9.37 Å². The van der Waals surface area contributed by atoms with E-state index in [0.29, 0.717) is 24.1 Å². The first-order valence-corrected chi connectivity index (χ1v) is 5.55. The SMILES string of the molecule is COc1cc(NCc2cccc(F)c2)nc(C)n1. The topological polar surface area (TPSA) is 47.0 Å². The van der Waals surface area contributed by atoms with Crippen LogP contribution in [0, 0.1) is 12.7 Å². The number of rotatable bonds is 4. The van der Waals surface area contributed by atoms with E-state index in [1.165, 1.54) is 12.1 Å². The molecule has 0 bridgehead atoms. The van der Waals surface area contributed by atoms with E-state index in [4.69, 9.17) is 4.74 Å². The molecule has 18 heavy (non-hydrogen) atoms. The van der Waals surface area contributed by atoms with E-state index in [0.717, 1.165) is 5.56 Å². The highest BCUT2D eigenvalue weighted by Gasteiger charge is 2.02. The van der Waals surface area contributed by atoms with Crippen LogP contribution in [0.5, 0.6) is 5.88 Å². The van der Waals surface area contributed by atoms with Crippen molar-refractivity contribution < 1.29 is 9.13 Å². The lowest BCUT2D eigenvalue weighted by Crippen LogP contribution is -2.04. The molecule has 0 unspecified atom stereocenters.